The smallest absolute Gasteiger partial charge is 0.246 e. The number of rotatable bonds is 6. The fourth-order valence-corrected chi connectivity index (χ4v) is 6.51. The van der Waals surface area contributed by atoms with E-state index in [0.717, 1.165) is 28.8 Å². The number of carbonyl (C=O) groups is 2. The molecular formula is C26H27ClN4O2S. The fourth-order valence-electron chi connectivity index (χ4n) is 4.89. The lowest BCUT2D eigenvalue weighted by atomic mass is 10.1. The summed E-state index contributed by atoms with van der Waals surface area (Å²) in [6.45, 7) is 3.02. The van der Waals surface area contributed by atoms with Gasteiger partial charge in [-0.2, -0.15) is 5.10 Å². The molecule has 1 aromatic heterocycles. The molecule has 2 amide bonds. The quantitative estimate of drug-likeness (QED) is 0.500. The van der Waals surface area contributed by atoms with Crippen molar-refractivity contribution in [3.05, 3.63) is 76.9 Å². The highest BCUT2D eigenvalue weighted by Gasteiger charge is 2.53. The molecule has 3 heterocycles. The van der Waals surface area contributed by atoms with Crippen molar-refractivity contribution in [2.45, 2.75) is 43.8 Å². The summed E-state index contributed by atoms with van der Waals surface area (Å²) in [5.74, 6) is 0.698. The van der Waals surface area contributed by atoms with Crippen LogP contribution in [-0.4, -0.2) is 55.1 Å². The average Bonchev–Trinajstić information content (AvgIpc) is 3.48. The minimum Gasteiger partial charge on any atom is -0.339 e. The molecule has 0 spiro atoms. The van der Waals surface area contributed by atoms with Gasteiger partial charge in [0.05, 0.1) is 17.1 Å². The molecule has 2 atom stereocenters. The minimum atomic E-state index is -0.409. The molecule has 0 bridgehead atoms. The normalized spacial score (nSPS) is 21.7. The van der Waals surface area contributed by atoms with Crippen molar-refractivity contribution in [2.75, 3.05) is 12.8 Å². The molecule has 2 aliphatic heterocycles. The van der Waals surface area contributed by atoms with E-state index in [9.17, 15) is 9.59 Å². The van der Waals surface area contributed by atoms with E-state index in [-0.39, 0.29) is 16.7 Å². The van der Waals surface area contributed by atoms with Crippen LogP contribution in [0.3, 0.4) is 0 Å². The Balaban J connectivity index is 1.41. The predicted octanol–water partition coefficient (Wildman–Crippen LogP) is 4.66. The Hall–Kier alpha value is -2.77. The maximum absolute atomic E-state index is 13.4. The molecule has 2 fully saturated rings. The van der Waals surface area contributed by atoms with Gasteiger partial charge in [0.1, 0.15) is 6.04 Å². The van der Waals surface area contributed by atoms with Gasteiger partial charge in [0.2, 0.25) is 11.8 Å². The molecule has 0 unspecified atom stereocenters. The molecule has 0 saturated carbocycles. The van der Waals surface area contributed by atoms with E-state index >= 15 is 0 Å². The first-order chi connectivity index (χ1) is 16.4. The maximum Gasteiger partial charge on any atom is 0.246 e. The first kappa shape index (κ1) is 23.0. The molecule has 0 N–H and O–H groups in total. The van der Waals surface area contributed by atoms with Crippen molar-refractivity contribution < 1.29 is 9.59 Å². The zero-order valence-corrected chi connectivity index (χ0v) is 20.9. The van der Waals surface area contributed by atoms with Crippen LogP contribution in [0.5, 0.6) is 0 Å². The minimum absolute atomic E-state index is 0.0238. The van der Waals surface area contributed by atoms with Crippen LogP contribution >= 0.6 is 23.4 Å². The summed E-state index contributed by atoms with van der Waals surface area (Å²) in [5.41, 5.74) is 3.78. The Morgan fingerprint density at radius 1 is 1.18 bits per heavy atom. The van der Waals surface area contributed by atoms with Crippen LogP contribution in [0.2, 0.25) is 5.02 Å². The number of likely N-dealkylation sites (N-methyl/N-ethyl adjacent to an activating group) is 1. The lowest BCUT2D eigenvalue weighted by Gasteiger charge is -2.31. The second-order valence-electron chi connectivity index (χ2n) is 9.12. The Bertz CT molecular complexity index is 1230. The summed E-state index contributed by atoms with van der Waals surface area (Å²) in [5, 5.41) is 5.55. The van der Waals surface area contributed by atoms with Gasteiger partial charge in [-0.05, 0) is 25.0 Å². The van der Waals surface area contributed by atoms with Crippen molar-refractivity contribution in [2.24, 2.45) is 0 Å². The Kier molecular flexibility index (Phi) is 6.16. The third-order valence-electron chi connectivity index (χ3n) is 6.69. The largest absolute Gasteiger partial charge is 0.339 e. The summed E-state index contributed by atoms with van der Waals surface area (Å²) in [4.78, 5) is 29.2. The van der Waals surface area contributed by atoms with Crippen molar-refractivity contribution in [1.29, 1.82) is 0 Å². The molecule has 5 rings (SSSR count). The molecule has 2 aliphatic rings. The molecule has 0 aliphatic carbocycles. The number of hydrogen-bond donors (Lipinski definition) is 0. The van der Waals surface area contributed by atoms with Crippen LogP contribution in [0, 0.1) is 0 Å². The van der Waals surface area contributed by atoms with Crippen LogP contribution in [-0.2, 0) is 22.7 Å². The Morgan fingerprint density at radius 3 is 2.68 bits per heavy atom. The molecule has 2 saturated heterocycles. The summed E-state index contributed by atoms with van der Waals surface area (Å²) in [6.07, 6.45) is 3.31. The Labute approximate surface area is 208 Å². The van der Waals surface area contributed by atoms with Gasteiger partial charge in [-0.25, -0.2) is 0 Å². The van der Waals surface area contributed by atoms with E-state index in [1.54, 1.807) is 16.7 Å². The van der Waals surface area contributed by atoms with Crippen molar-refractivity contribution >= 4 is 35.2 Å². The van der Waals surface area contributed by atoms with Crippen LogP contribution < -0.4 is 0 Å². The number of fused-ring (bicyclic) bond motifs is 1. The molecule has 34 heavy (non-hydrogen) atoms. The van der Waals surface area contributed by atoms with Gasteiger partial charge in [0, 0.05) is 48.1 Å². The van der Waals surface area contributed by atoms with Gasteiger partial charge in [-0.1, -0.05) is 60.1 Å². The summed E-state index contributed by atoms with van der Waals surface area (Å²) in [6, 6.07) is 17.3. The second kappa shape index (κ2) is 9.12. The van der Waals surface area contributed by atoms with Crippen molar-refractivity contribution in [3.63, 3.8) is 0 Å². The number of aromatic nitrogens is 2. The summed E-state index contributed by atoms with van der Waals surface area (Å²) >= 11 is 8.09. The van der Waals surface area contributed by atoms with Crippen molar-refractivity contribution in [1.82, 2.24) is 19.6 Å². The highest BCUT2D eigenvalue weighted by molar-refractivity contribution is 8.01. The number of carbonyl (C=O) groups excluding carboxylic acids is 2. The molecule has 0 radical (unpaired) electrons. The number of benzene rings is 2. The second-order valence-corrected chi connectivity index (χ2v) is 11.0. The Morgan fingerprint density at radius 2 is 1.91 bits per heavy atom. The zero-order valence-electron chi connectivity index (χ0n) is 19.3. The molecule has 2 aromatic carbocycles. The van der Waals surface area contributed by atoms with Gasteiger partial charge < -0.3 is 9.80 Å². The molecule has 6 nitrogen and oxygen atoms in total. The molecule has 176 valence electrons. The molecule has 8 heteroatoms. The summed E-state index contributed by atoms with van der Waals surface area (Å²) < 4.78 is 1.88. The number of halogens is 1. The number of nitrogens with zero attached hydrogens (tertiary/aromatic N) is 4. The number of amides is 2. The first-order valence-electron chi connectivity index (χ1n) is 11.4. The lowest BCUT2D eigenvalue weighted by molar-refractivity contribution is -0.143. The topological polar surface area (TPSA) is 58.4 Å². The third kappa shape index (κ3) is 4.23. The number of thioether (sulfide) groups is 1. The predicted molar refractivity (Wildman–Crippen MR) is 135 cm³/mol. The lowest BCUT2D eigenvalue weighted by Crippen LogP contribution is -2.50. The number of hydrogen-bond acceptors (Lipinski definition) is 4. The average molecular weight is 495 g/mol. The van der Waals surface area contributed by atoms with E-state index in [2.05, 4.69) is 6.92 Å². The fraction of sp³-hybridized carbons (Fsp3) is 0.346. The van der Waals surface area contributed by atoms with Gasteiger partial charge in [0.25, 0.3) is 0 Å². The summed E-state index contributed by atoms with van der Waals surface area (Å²) in [7, 11) is 1.81. The zero-order chi connectivity index (χ0) is 23.9. The van der Waals surface area contributed by atoms with Crippen LogP contribution in [0.25, 0.3) is 11.3 Å². The maximum atomic E-state index is 13.4. The first-order valence-corrected chi connectivity index (χ1v) is 12.8. The molecule has 3 aromatic rings. The highest BCUT2D eigenvalue weighted by atomic mass is 35.5. The standard InChI is InChI=1S/C26H27ClN4O2S/c1-26-13-12-23(32)31(26)22(17-34-26)25(33)29(2)14-20-16-30(15-19-10-6-7-11-21(19)27)28-24(20)18-8-4-3-5-9-18/h3-11,16,22H,12-15,17H2,1-2H3/t22-,26-/m1/s1. The van der Waals surface area contributed by atoms with Gasteiger partial charge in [0.15, 0.2) is 0 Å². The van der Waals surface area contributed by atoms with E-state index in [4.69, 9.17) is 16.7 Å². The van der Waals surface area contributed by atoms with Crippen LogP contribution in [0.1, 0.15) is 30.9 Å². The van der Waals surface area contributed by atoms with E-state index in [1.807, 2.05) is 77.4 Å². The van der Waals surface area contributed by atoms with Crippen molar-refractivity contribution in [3.8, 4) is 11.3 Å². The van der Waals surface area contributed by atoms with E-state index in [0.29, 0.717) is 30.3 Å². The van der Waals surface area contributed by atoms with Gasteiger partial charge in [-0.3, -0.25) is 14.3 Å². The highest BCUT2D eigenvalue weighted by Crippen LogP contribution is 2.47. The SMILES string of the molecule is CN(Cc1cn(Cc2ccccc2Cl)nc1-c1ccccc1)C(=O)[C@H]1CS[C@]2(C)CCC(=O)N12. The van der Waals surface area contributed by atoms with E-state index < -0.39 is 6.04 Å². The van der Waals surface area contributed by atoms with Gasteiger partial charge >= 0.3 is 0 Å². The van der Waals surface area contributed by atoms with Crippen LogP contribution in [0.4, 0.5) is 0 Å². The monoisotopic (exact) mass is 494 g/mol. The van der Waals surface area contributed by atoms with E-state index in [1.165, 1.54) is 0 Å². The van der Waals surface area contributed by atoms with Gasteiger partial charge in [-0.15, -0.1) is 11.8 Å². The molecular weight excluding hydrogens is 468 g/mol. The van der Waals surface area contributed by atoms with Crippen LogP contribution in [0.15, 0.2) is 60.8 Å². The third-order valence-corrected chi connectivity index (χ3v) is 8.56.